The summed E-state index contributed by atoms with van der Waals surface area (Å²) in [4.78, 5) is 7.07. The average molecular weight is 259 g/mol. The first-order valence-corrected chi connectivity index (χ1v) is 7.03. The van der Waals surface area contributed by atoms with E-state index in [9.17, 15) is 0 Å². The summed E-state index contributed by atoms with van der Waals surface area (Å²) in [5, 5.41) is 7.91. The van der Waals surface area contributed by atoms with Gasteiger partial charge in [-0.25, -0.2) is 4.52 Å². The molecule has 19 heavy (non-hydrogen) atoms. The molecule has 1 aliphatic heterocycles. The Hall–Kier alpha value is -1.62. The summed E-state index contributed by atoms with van der Waals surface area (Å²) < 4.78 is 1.88. The highest BCUT2D eigenvalue weighted by Crippen LogP contribution is 2.22. The molecule has 1 N–H and O–H groups in total. The van der Waals surface area contributed by atoms with Gasteiger partial charge in [0.1, 0.15) is 0 Å². The molecule has 5 nitrogen and oxygen atoms in total. The molecule has 0 amide bonds. The monoisotopic (exact) mass is 259 g/mol. The van der Waals surface area contributed by atoms with Crippen LogP contribution < -0.4 is 10.2 Å². The molecule has 2 aromatic rings. The Kier molecular flexibility index (Phi) is 3.38. The van der Waals surface area contributed by atoms with Crippen LogP contribution in [0.2, 0.25) is 0 Å². The number of aryl methyl sites for hydroxylation is 1. The molecule has 1 saturated heterocycles. The largest absolute Gasteiger partial charge is 0.335 e. The second-order valence-electron chi connectivity index (χ2n) is 5.27. The first-order chi connectivity index (χ1) is 9.29. The molecule has 1 atom stereocenters. The second-order valence-corrected chi connectivity index (χ2v) is 5.27. The van der Waals surface area contributed by atoms with E-state index in [4.69, 9.17) is 4.98 Å². The van der Waals surface area contributed by atoms with Crippen molar-refractivity contribution < 1.29 is 0 Å². The smallest absolute Gasteiger partial charge is 0.245 e. The Bertz CT molecular complexity index is 560. The minimum atomic E-state index is 0.511. The molecule has 3 rings (SSSR count). The Balaban J connectivity index is 1.95. The summed E-state index contributed by atoms with van der Waals surface area (Å²) >= 11 is 0. The number of pyridine rings is 1. The fraction of sp³-hybridized carbons (Fsp3) is 0.571. The zero-order valence-corrected chi connectivity index (χ0v) is 11.6. The third-order valence-corrected chi connectivity index (χ3v) is 3.87. The van der Waals surface area contributed by atoms with Crippen LogP contribution in [0.1, 0.15) is 24.8 Å². The molecule has 1 unspecified atom stereocenters. The summed E-state index contributed by atoms with van der Waals surface area (Å²) in [6.07, 6.45) is 5.72. The highest BCUT2D eigenvalue weighted by atomic mass is 15.4. The van der Waals surface area contributed by atoms with Crippen LogP contribution in [0.4, 0.5) is 5.95 Å². The van der Waals surface area contributed by atoms with Crippen LogP contribution in [0.15, 0.2) is 18.3 Å². The zero-order valence-electron chi connectivity index (χ0n) is 11.6. The van der Waals surface area contributed by atoms with Gasteiger partial charge in [-0.15, -0.1) is 5.10 Å². The van der Waals surface area contributed by atoms with Gasteiger partial charge in [-0.2, -0.15) is 4.98 Å². The van der Waals surface area contributed by atoms with E-state index < -0.39 is 0 Å². The maximum Gasteiger partial charge on any atom is 0.245 e. The van der Waals surface area contributed by atoms with Crippen molar-refractivity contribution >= 4 is 11.6 Å². The molecule has 5 heteroatoms. The lowest BCUT2D eigenvalue weighted by Gasteiger charge is -2.34. The van der Waals surface area contributed by atoms with Crippen molar-refractivity contribution in [3.63, 3.8) is 0 Å². The number of hydrogen-bond acceptors (Lipinski definition) is 4. The Morgan fingerprint density at radius 2 is 2.32 bits per heavy atom. The number of nitrogens with one attached hydrogen (secondary N) is 1. The first-order valence-electron chi connectivity index (χ1n) is 7.03. The molecular weight excluding hydrogens is 238 g/mol. The number of fused-ring (bicyclic) bond motifs is 1. The highest BCUT2D eigenvalue weighted by Gasteiger charge is 2.25. The fourth-order valence-electron chi connectivity index (χ4n) is 2.86. The maximum atomic E-state index is 4.72. The van der Waals surface area contributed by atoms with Gasteiger partial charge in [0.2, 0.25) is 5.95 Å². The lowest BCUT2D eigenvalue weighted by molar-refractivity contribution is 0.440. The molecule has 1 fully saturated rings. The topological polar surface area (TPSA) is 45.5 Å². The maximum absolute atomic E-state index is 4.72. The van der Waals surface area contributed by atoms with E-state index in [1.54, 1.807) is 0 Å². The molecular formula is C14H21N5. The van der Waals surface area contributed by atoms with Crippen LogP contribution in [-0.2, 0) is 0 Å². The van der Waals surface area contributed by atoms with Crippen LogP contribution in [0.25, 0.3) is 5.65 Å². The Morgan fingerprint density at radius 1 is 1.42 bits per heavy atom. The van der Waals surface area contributed by atoms with Gasteiger partial charge in [0.25, 0.3) is 0 Å². The van der Waals surface area contributed by atoms with Gasteiger partial charge >= 0.3 is 0 Å². The van der Waals surface area contributed by atoms with E-state index >= 15 is 0 Å². The number of likely N-dealkylation sites (N-methyl/N-ethyl adjacent to an activating group) is 1. The van der Waals surface area contributed by atoms with Crippen LogP contribution in [0.5, 0.6) is 0 Å². The summed E-state index contributed by atoms with van der Waals surface area (Å²) in [6.45, 7) is 4.13. The van der Waals surface area contributed by atoms with Crippen molar-refractivity contribution in [2.24, 2.45) is 0 Å². The normalized spacial score (nSPS) is 20.1. The molecule has 1 aliphatic rings. The second kappa shape index (κ2) is 5.17. The Labute approximate surface area is 113 Å². The van der Waals surface area contributed by atoms with Gasteiger partial charge in [-0.05, 0) is 44.9 Å². The number of hydrogen-bond donors (Lipinski definition) is 1. The molecule has 3 heterocycles. The number of rotatable bonds is 3. The van der Waals surface area contributed by atoms with Crippen LogP contribution in [0.3, 0.4) is 0 Å². The van der Waals surface area contributed by atoms with Gasteiger partial charge in [-0.1, -0.05) is 6.07 Å². The number of aromatic nitrogens is 3. The van der Waals surface area contributed by atoms with E-state index in [1.807, 2.05) is 23.8 Å². The molecule has 0 bridgehead atoms. The molecule has 0 spiro atoms. The predicted molar refractivity (Wildman–Crippen MR) is 76.6 cm³/mol. The van der Waals surface area contributed by atoms with E-state index in [-0.39, 0.29) is 0 Å². The quantitative estimate of drug-likeness (QED) is 0.909. The molecule has 2 aromatic heterocycles. The van der Waals surface area contributed by atoms with Crippen LogP contribution in [-0.4, -0.2) is 40.8 Å². The van der Waals surface area contributed by atoms with Gasteiger partial charge in [0.15, 0.2) is 5.65 Å². The number of anilines is 1. The van der Waals surface area contributed by atoms with Crippen molar-refractivity contribution in [1.82, 2.24) is 19.9 Å². The lowest BCUT2D eigenvalue weighted by Crippen LogP contribution is -2.45. The SMILES string of the molecule is CNCC1CCCCN1c1nc2c(C)cccn2n1. The van der Waals surface area contributed by atoms with Gasteiger partial charge in [0.05, 0.1) is 0 Å². The summed E-state index contributed by atoms with van der Waals surface area (Å²) in [7, 11) is 2.01. The van der Waals surface area contributed by atoms with Gasteiger partial charge < -0.3 is 10.2 Å². The summed E-state index contributed by atoms with van der Waals surface area (Å²) in [6, 6.07) is 4.61. The van der Waals surface area contributed by atoms with Crippen molar-refractivity contribution in [1.29, 1.82) is 0 Å². The van der Waals surface area contributed by atoms with Crippen LogP contribution >= 0.6 is 0 Å². The minimum absolute atomic E-state index is 0.511. The van der Waals surface area contributed by atoms with E-state index in [0.29, 0.717) is 6.04 Å². The van der Waals surface area contributed by atoms with E-state index in [1.165, 1.54) is 24.8 Å². The Morgan fingerprint density at radius 3 is 3.11 bits per heavy atom. The van der Waals surface area contributed by atoms with Gasteiger partial charge in [0, 0.05) is 25.3 Å². The van der Waals surface area contributed by atoms with Crippen LogP contribution in [0, 0.1) is 6.92 Å². The molecule has 0 saturated carbocycles. The summed E-state index contributed by atoms with van der Waals surface area (Å²) in [5.74, 6) is 0.870. The van der Waals surface area contributed by atoms with Gasteiger partial charge in [-0.3, -0.25) is 0 Å². The molecule has 0 aromatic carbocycles. The van der Waals surface area contributed by atoms with E-state index in [0.717, 1.165) is 24.7 Å². The average Bonchev–Trinajstić information content (AvgIpc) is 2.85. The fourth-order valence-corrected chi connectivity index (χ4v) is 2.86. The van der Waals surface area contributed by atoms with E-state index in [2.05, 4.69) is 28.3 Å². The minimum Gasteiger partial charge on any atom is -0.335 e. The third kappa shape index (κ3) is 2.30. The molecule has 102 valence electrons. The summed E-state index contributed by atoms with van der Waals surface area (Å²) in [5.41, 5.74) is 2.13. The predicted octanol–water partition coefficient (Wildman–Crippen LogP) is 1.62. The van der Waals surface area contributed by atoms with Crippen molar-refractivity contribution in [2.75, 3.05) is 25.0 Å². The lowest BCUT2D eigenvalue weighted by atomic mass is 10.0. The molecule has 0 aliphatic carbocycles. The first kappa shape index (κ1) is 12.4. The van der Waals surface area contributed by atoms with Crippen molar-refractivity contribution in [3.8, 4) is 0 Å². The number of piperidine rings is 1. The zero-order chi connectivity index (χ0) is 13.2. The standard InChI is InChI=1S/C14H21N5/c1-11-6-5-9-19-13(11)16-14(17-19)18-8-4-3-7-12(18)10-15-2/h5-6,9,12,15H,3-4,7-8,10H2,1-2H3. The highest BCUT2D eigenvalue weighted by molar-refractivity contribution is 5.51. The van der Waals surface area contributed by atoms with Crippen molar-refractivity contribution in [2.45, 2.75) is 32.2 Å². The number of nitrogens with zero attached hydrogens (tertiary/aromatic N) is 4. The molecule has 0 radical (unpaired) electrons. The third-order valence-electron chi connectivity index (χ3n) is 3.87. The van der Waals surface area contributed by atoms with Crippen molar-refractivity contribution in [3.05, 3.63) is 23.9 Å².